The van der Waals surface area contributed by atoms with Crippen molar-refractivity contribution in [1.29, 1.82) is 0 Å². The molecule has 0 saturated carbocycles. The summed E-state index contributed by atoms with van der Waals surface area (Å²) >= 11 is 3.30. The van der Waals surface area contributed by atoms with E-state index in [1.54, 1.807) is 13.1 Å². The molecule has 20 heavy (non-hydrogen) atoms. The van der Waals surface area contributed by atoms with Gasteiger partial charge in [0.05, 0.1) is 0 Å². The molecule has 0 spiro atoms. The first-order valence-corrected chi connectivity index (χ1v) is 7.03. The third kappa shape index (κ3) is 2.18. The minimum absolute atomic E-state index is 0.117. The molecule has 5 heteroatoms. The molecule has 0 saturated heterocycles. The second-order valence-electron chi connectivity index (χ2n) is 4.77. The van der Waals surface area contributed by atoms with E-state index in [-0.39, 0.29) is 5.91 Å². The number of ether oxygens (including phenoxy) is 1. The standard InChI is InChI=1S/C15H13BrN2O2/c1-9-4-3-5-10(8-9)13-15(19)18(2)14-11(20-13)6-7-12(16)17-14/h3-8,13H,1-2H3. The molecule has 2 aromatic rings. The van der Waals surface area contributed by atoms with Crippen molar-refractivity contribution in [3.05, 3.63) is 52.1 Å². The first-order chi connectivity index (χ1) is 9.56. The second-order valence-corrected chi connectivity index (χ2v) is 5.58. The molecule has 3 rings (SSSR count). The first kappa shape index (κ1) is 13.1. The first-order valence-electron chi connectivity index (χ1n) is 6.23. The number of carbonyl (C=O) groups excluding carboxylic acids is 1. The van der Waals surface area contributed by atoms with Crippen LogP contribution in [0.1, 0.15) is 17.2 Å². The maximum Gasteiger partial charge on any atom is 0.273 e. The number of halogens is 1. The molecule has 4 nitrogen and oxygen atoms in total. The Balaban J connectivity index is 2.04. The molecule has 0 fully saturated rings. The van der Waals surface area contributed by atoms with E-state index in [2.05, 4.69) is 20.9 Å². The molecule has 1 unspecified atom stereocenters. The molecule has 0 aliphatic carbocycles. The molecule has 1 aromatic heterocycles. The van der Waals surface area contributed by atoms with E-state index in [9.17, 15) is 4.79 Å². The van der Waals surface area contributed by atoms with E-state index >= 15 is 0 Å². The molecule has 1 aliphatic heterocycles. The highest BCUT2D eigenvalue weighted by Gasteiger charge is 2.34. The van der Waals surface area contributed by atoms with E-state index in [1.807, 2.05) is 37.3 Å². The van der Waals surface area contributed by atoms with Gasteiger partial charge in [0, 0.05) is 12.6 Å². The lowest BCUT2D eigenvalue weighted by Gasteiger charge is -2.31. The maximum absolute atomic E-state index is 12.5. The molecular formula is C15H13BrN2O2. The summed E-state index contributed by atoms with van der Waals surface area (Å²) in [5.74, 6) is 1.03. The van der Waals surface area contributed by atoms with Gasteiger partial charge < -0.3 is 4.74 Å². The van der Waals surface area contributed by atoms with Gasteiger partial charge in [0.2, 0.25) is 6.10 Å². The second kappa shape index (κ2) is 4.90. The van der Waals surface area contributed by atoms with Crippen LogP contribution < -0.4 is 9.64 Å². The molecule has 1 aromatic carbocycles. The van der Waals surface area contributed by atoms with E-state index < -0.39 is 6.10 Å². The monoisotopic (exact) mass is 332 g/mol. The van der Waals surface area contributed by atoms with Gasteiger partial charge in [-0.3, -0.25) is 9.69 Å². The summed E-state index contributed by atoms with van der Waals surface area (Å²) in [6, 6.07) is 11.4. The van der Waals surface area contributed by atoms with Crippen molar-refractivity contribution in [3.8, 4) is 5.75 Å². The summed E-state index contributed by atoms with van der Waals surface area (Å²) in [5, 5.41) is 0. The Hall–Kier alpha value is -1.88. The number of amides is 1. The van der Waals surface area contributed by atoms with Gasteiger partial charge in [-0.15, -0.1) is 0 Å². The van der Waals surface area contributed by atoms with Gasteiger partial charge in [0.15, 0.2) is 11.6 Å². The topological polar surface area (TPSA) is 42.4 Å². The SMILES string of the molecule is Cc1cccc(C2Oc3ccc(Br)nc3N(C)C2=O)c1. The zero-order valence-electron chi connectivity index (χ0n) is 11.1. The van der Waals surface area contributed by atoms with E-state index in [0.29, 0.717) is 16.2 Å². The molecule has 1 atom stereocenters. The largest absolute Gasteiger partial charge is 0.472 e. The summed E-state index contributed by atoms with van der Waals surface area (Å²) in [7, 11) is 1.71. The van der Waals surface area contributed by atoms with Crippen LogP contribution in [0.25, 0.3) is 0 Å². The van der Waals surface area contributed by atoms with E-state index in [4.69, 9.17) is 4.74 Å². The molecule has 2 heterocycles. The van der Waals surface area contributed by atoms with Gasteiger partial charge in [0.25, 0.3) is 5.91 Å². The van der Waals surface area contributed by atoms with Gasteiger partial charge in [-0.2, -0.15) is 0 Å². The fourth-order valence-corrected chi connectivity index (χ4v) is 2.55. The Morgan fingerprint density at radius 3 is 2.85 bits per heavy atom. The van der Waals surface area contributed by atoms with Crippen molar-refractivity contribution in [2.24, 2.45) is 0 Å². The number of hydrogen-bond donors (Lipinski definition) is 0. The number of likely N-dealkylation sites (N-methyl/N-ethyl adjacent to an activating group) is 1. The zero-order valence-corrected chi connectivity index (χ0v) is 12.7. The summed E-state index contributed by atoms with van der Waals surface area (Å²) in [6.07, 6.45) is -0.615. The number of carbonyl (C=O) groups is 1. The molecule has 1 amide bonds. The van der Waals surface area contributed by atoms with Crippen molar-refractivity contribution >= 4 is 27.7 Å². The van der Waals surface area contributed by atoms with Crippen LogP contribution in [0.15, 0.2) is 41.0 Å². The predicted molar refractivity (Wildman–Crippen MR) is 79.9 cm³/mol. The third-order valence-electron chi connectivity index (χ3n) is 3.27. The number of fused-ring (bicyclic) bond motifs is 1. The molecule has 102 valence electrons. The molecule has 1 aliphatic rings. The average molecular weight is 333 g/mol. The van der Waals surface area contributed by atoms with Crippen LogP contribution in [-0.4, -0.2) is 17.9 Å². The van der Waals surface area contributed by atoms with Crippen LogP contribution in [0.2, 0.25) is 0 Å². The summed E-state index contributed by atoms with van der Waals surface area (Å²) < 4.78 is 6.51. The van der Waals surface area contributed by atoms with Gasteiger partial charge in [0.1, 0.15) is 4.60 Å². The van der Waals surface area contributed by atoms with Crippen LogP contribution in [0, 0.1) is 6.92 Å². The molecule has 0 N–H and O–H groups in total. The summed E-state index contributed by atoms with van der Waals surface area (Å²) in [5.41, 5.74) is 1.96. The number of aryl methyl sites for hydroxylation is 1. The Bertz CT molecular complexity index is 687. The molecule has 0 radical (unpaired) electrons. The van der Waals surface area contributed by atoms with Crippen molar-refractivity contribution in [2.45, 2.75) is 13.0 Å². The number of rotatable bonds is 1. The Kier molecular flexibility index (Phi) is 3.22. The Morgan fingerprint density at radius 1 is 1.30 bits per heavy atom. The zero-order chi connectivity index (χ0) is 14.3. The number of benzene rings is 1. The highest BCUT2D eigenvalue weighted by atomic mass is 79.9. The van der Waals surface area contributed by atoms with Gasteiger partial charge in [-0.25, -0.2) is 4.98 Å². The maximum atomic E-state index is 12.5. The summed E-state index contributed by atoms with van der Waals surface area (Å²) in [6.45, 7) is 1.99. The van der Waals surface area contributed by atoms with Gasteiger partial charge in [-0.1, -0.05) is 29.8 Å². The number of aromatic nitrogens is 1. The van der Waals surface area contributed by atoms with Crippen molar-refractivity contribution < 1.29 is 9.53 Å². The lowest BCUT2D eigenvalue weighted by molar-refractivity contribution is -0.126. The van der Waals surface area contributed by atoms with Crippen LogP contribution in [0.4, 0.5) is 5.82 Å². The fraction of sp³-hybridized carbons (Fsp3) is 0.200. The van der Waals surface area contributed by atoms with Crippen LogP contribution in [0.3, 0.4) is 0 Å². The average Bonchev–Trinajstić information content (AvgIpc) is 2.43. The smallest absolute Gasteiger partial charge is 0.273 e. The van der Waals surface area contributed by atoms with Crippen LogP contribution >= 0.6 is 15.9 Å². The highest BCUT2D eigenvalue weighted by molar-refractivity contribution is 9.10. The third-order valence-corrected chi connectivity index (χ3v) is 3.71. The van der Waals surface area contributed by atoms with Crippen LogP contribution in [0.5, 0.6) is 5.75 Å². The van der Waals surface area contributed by atoms with Crippen LogP contribution in [-0.2, 0) is 4.79 Å². The van der Waals surface area contributed by atoms with Crippen molar-refractivity contribution in [1.82, 2.24) is 4.98 Å². The number of nitrogens with zero attached hydrogens (tertiary/aromatic N) is 2. The lowest BCUT2D eigenvalue weighted by Crippen LogP contribution is -2.39. The minimum Gasteiger partial charge on any atom is -0.472 e. The quantitative estimate of drug-likeness (QED) is 0.753. The Morgan fingerprint density at radius 2 is 2.10 bits per heavy atom. The number of hydrogen-bond acceptors (Lipinski definition) is 3. The Labute approximate surface area is 125 Å². The number of anilines is 1. The summed E-state index contributed by atoms with van der Waals surface area (Å²) in [4.78, 5) is 18.3. The van der Waals surface area contributed by atoms with E-state index in [1.165, 1.54) is 4.90 Å². The minimum atomic E-state index is -0.615. The highest BCUT2D eigenvalue weighted by Crippen LogP contribution is 2.37. The molecule has 0 bridgehead atoms. The molecular weight excluding hydrogens is 320 g/mol. The fourth-order valence-electron chi connectivity index (χ4n) is 2.25. The predicted octanol–water partition coefficient (Wildman–Crippen LogP) is 3.25. The van der Waals surface area contributed by atoms with Crippen molar-refractivity contribution in [2.75, 3.05) is 11.9 Å². The van der Waals surface area contributed by atoms with E-state index in [0.717, 1.165) is 11.1 Å². The number of pyridine rings is 1. The normalized spacial score (nSPS) is 17.6. The van der Waals surface area contributed by atoms with Gasteiger partial charge in [-0.05, 0) is 35.0 Å². The van der Waals surface area contributed by atoms with Crippen molar-refractivity contribution in [3.63, 3.8) is 0 Å². The lowest BCUT2D eigenvalue weighted by atomic mass is 10.0. The van der Waals surface area contributed by atoms with Gasteiger partial charge >= 0.3 is 0 Å².